The van der Waals surface area contributed by atoms with E-state index in [2.05, 4.69) is 4.98 Å². The second kappa shape index (κ2) is 6.29. The largest absolute Gasteiger partial charge is 0.461 e. The van der Waals surface area contributed by atoms with Crippen molar-refractivity contribution in [1.29, 1.82) is 0 Å². The Kier molecular flexibility index (Phi) is 4.36. The van der Waals surface area contributed by atoms with Crippen molar-refractivity contribution in [3.63, 3.8) is 0 Å². The van der Waals surface area contributed by atoms with Gasteiger partial charge in [0.05, 0.1) is 6.10 Å². The molecule has 3 unspecified atom stereocenters. The Morgan fingerprint density at radius 3 is 3.00 bits per heavy atom. The molecule has 0 bridgehead atoms. The monoisotopic (exact) mass is 324 g/mol. The third-order valence-electron chi connectivity index (χ3n) is 4.30. The number of carbonyl (C=O) groups excluding carboxylic acids is 1. The van der Waals surface area contributed by atoms with Crippen molar-refractivity contribution >= 4 is 5.97 Å². The zero-order valence-corrected chi connectivity index (χ0v) is 12.9. The predicted octanol–water partition coefficient (Wildman–Crippen LogP) is 0.326. The van der Waals surface area contributed by atoms with Crippen LogP contribution in [0.25, 0.3) is 0 Å². The molecule has 1 aromatic rings. The van der Waals surface area contributed by atoms with Crippen LogP contribution in [0.15, 0.2) is 21.9 Å². The van der Waals surface area contributed by atoms with Gasteiger partial charge in [0.25, 0.3) is 5.56 Å². The van der Waals surface area contributed by atoms with Gasteiger partial charge in [-0.05, 0) is 32.6 Å². The van der Waals surface area contributed by atoms with Crippen LogP contribution in [-0.2, 0) is 19.0 Å². The first kappa shape index (κ1) is 15.9. The summed E-state index contributed by atoms with van der Waals surface area (Å²) in [6.45, 7) is 2.44. The van der Waals surface area contributed by atoms with Gasteiger partial charge in [0.15, 0.2) is 5.60 Å². The summed E-state index contributed by atoms with van der Waals surface area (Å²) < 4.78 is 17.8. The second-order valence-corrected chi connectivity index (χ2v) is 6.09. The van der Waals surface area contributed by atoms with Gasteiger partial charge in [-0.3, -0.25) is 14.3 Å². The Morgan fingerprint density at radius 1 is 1.48 bits per heavy atom. The zero-order chi connectivity index (χ0) is 16.4. The molecule has 0 amide bonds. The molecule has 2 fully saturated rings. The number of rotatable bonds is 4. The molecule has 0 aliphatic carbocycles. The maximum atomic E-state index is 12.1. The number of nitrogens with one attached hydrogen (secondary N) is 1. The zero-order valence-electron chi connectivity index (χ0n) is 12.9. The van der Waals surface area contributed by atoms with Crippen molar-refractivity contribution in [3.05, 3.63) is 33.1 Å². The Balaban J connectivity index is 1.55. The molecule has 0 aromatic carbocycles. The Morgan fingerprint density at radius 2 is 2.30 bits per heavy atom. The summed E-state index contributed by atoms with van der Waals surface area (Å²) in [6, 6.07) is 1.27. The maximum Gasteiger partial charge on any atom is 0.338 e. The number of carbonyl (C=O) groups is 1. The van der Waals surface area contributed by atoms with E-state index in [-0.39, 0.29) is 18.7 Å². The molecule has 3 heterocycles. The molecule has 0 radical (unpaired) electrons. The first-order valence-electron chi connectivity index (χ1n) is 7.76. The summed E-state index contributed by atoms with van der Waals surface area (Å²) in [5, 5.41) is 0. The quantitative estimate of drug-likeness (QED) is 0.801. The molecule has 8 heteroatoms. The van der Waals surface area contributed by atoms with E-state index in [1.807, 2.05) is 0 Å². The Labute approximate surface area is 132 Å². The average Bonchev–Trinajstić information content (AvgIpc) is 3.15. The Hall–Kier alpha value is -1.93. The number of nitrogens with zero attached hydrogens (tertiary/aromatic N) is 1. The summed E-state index contributed by atoms with van der Waals surface area (Å²) in [5.41, 5.74) is -1.81. The lowest BCUT2D eigenvalue weighted by Gasteiger charge is -2.22. The van der Waals surface area contributed by atoms with E-state index < -0.39 is 23.1 Å². The van der Waals surface area contributed by atoms with Crippen LogP contribution in [0.3, 0.4) is 0 Å². The molecule has 126 valence electrons. The number of aromatic nitrogens is 2. The van der Waals surface area contributed by atoms with Crippen molar-refractivity contribution in [2.45, 2.75) is 50.5 Å². The molecular weight excluding hydrogens is 304 g/mol. The number of esters is 1. The van der Waals surface area contributed by atoms with E-state index in [4.69, 9.17) is 14.2 Å². The fraction of sp³-hybridized carbons (Fsp3) is 0.667. The van der Waals surface area contributed by atoms with E-state index >= 15 is 0 Å². The fourth-order valence-electron chi connectivity index (χ4n) is 2.93. The predicted molar refractivity (Wildman–Crippen MR) is 79.0 cm³/mol. The summed E-state index contributed by atoms with van der Waals surface area (Å²) in [7, 11) is 0. The van der Waals surface area contributed by atoms with Gasteiger partial charge in [0, 0.05) is 18.9 Å². The van der Waals surface area contributed by atoms with Crippen LogP contribution in [0.2, 0.25) is 0 Å². The first-order chi connectivity index (χ1) is 11.0. The van der Waals surface area contributed by atoms with Crippen molar-refractivity contribution < 1.29 is 19.0 Å². The van der Waals surface area contributed by atoms with Gasteiger partial charge >= 0.3 is 11.7 Å². The molecule has 2 aliphatic heterocycles. The third kappa shape index (κ3) is 3.37. The van der Waals surface area contributed by atoms with Crippen molar-refractivity contribution in [2.24, 2.45) is 0 Å². The van der Waals surface area contributed by atoms with E-state index in [1.165, 1.54) is 16.8 Å². The van der Waals surface area contributed by atoms with E-state index in [9.17, 15) is 14.4 Å². The molecule has 1 aromatic heterocycles. The number of hydrogen-bond donors (Lipinski definition) is 1. The van der Waals surface area contributed by atoms with Gasteiger partial charge in [-0.15, -0.1) is 0 Å². The highest BCUT2D eigenvalue weighted by molar-refractivity contribution is 5.79. The van der Waals surface area contributed by atoms with Gasteiger partial charge < -0.3 is 14.2 Å². The van der Waals surface area contributed by atoms with Crippen molar-refractivity contribution in [3.8, 4) is 0 Å². The lowest BCUT2D eigenvalue weighted by molar-refractivity contribution is -0.169. The van der Waals surface area contributed by atoms with Crippen molar-refractivity contribution in [1.82, 2.24) is 9.55 Å². The minimum Gasteiger partial charge on any atom is -0.461 e. The van der Waals surface area contributed by atoms with Crippen LogP contribution < -0.4 is 11.2 Å². The molecule has 3 rings (SSSR count). The van der Waals surface area contributed by atoms with Gasteiger partial charge in [-0.25, -0.2) is 9.59 Å². The van der Waals surface area contributed by atoms with E-state index in [0.717, 1.165) is 6.42 Å². The van der Waals surface area contributed by atoms with Gasteiger partial charge in [0.1, 0.15) is 12.8 Å². The standard InChI is InChI=1S/C15H20N2O6/c1-15(6-2-8-22-15)13(19)21-9-10-3-4-12(23-10)17-7-5-11(18)16-14(17)20/h5,7,10,12H,2-4,6,8-9H2,1H3,(H,16,18,20). The first-order valence-corrected chi connectivity index (χ1v) is 7.76. The molecule has 8 nitrogen and oxygen atoms in total. The number of aromatic amines is 1. The summed E-state index contributed by atoms with van der Waals surface area (Å²) in [5.74, 6) is -0.372. The van der Waals surface area contributed by atoms with Crippen LogP contribution in [0.1, 0.15) is 38.8 Å². The van der Waals surface area contributed by atoms with Crippen LogP contribution in [-0.4, -0.2) is 40.4 Å². The number of hydrogen-bond acceptors (Lipinski definition) is 6. The SMILES string of the molecule is CC1(C(=O)OCC2CCC(n3ccc(=O)[nH]c3=O)O2)CCCO1. The normalized spacial score (nSPS) is 30.5. The molecule has 23 heavy (non-hydrogen) atoms. The summed E-state index contributed by atoms with van der Waals surface area (Å²) in [4.78, 5) is 37.1. The minimum atomic E-state index is -0.853. The molecule has 2 saturated heterocycles. The molecule has 3 atom stereocenters. The van der Waals surface area contributed by atoms with Crippen LogP contribution in [0.5, 0.6) is 0 Å². The topological polar surface area (TPSA) is 99.6 Å². The second-order valence-electron chi connectivity index (χ2n) is 6.09. The van der Waals surface area contributed by atoms with Gasteiger partial charge in [0.2, 0.25) is 0 Å². The Bertz CT molecular complexity index is 688. The molecule has 0 saturated carbocycles. The lowest BCUT2D eigenvalue weighted by Crippen LogP contribution is -2.37. The summed E-state index contributed by atoms with van der Waals surface area (Å²) in [6.07, 6.45) is 3.47. The third-order valence-corrected chi connectivity index (χ3v) is 4.30. The highest BCUT2D eigenvalue weighted by atomic mass is 16.6. The maximum absolute atomic E-state index is 12.1. The smallest absolute Gasteiger partial charge is 0.338 e. The molecule has 2 aliphatic rings. The lowest BCUT2D eigenvalue weighted by atomic mass is 10.0. The highest BCUT2D eigenvalue weighted by Crippen LogP contribution is 2.29. The average molecular weight is 324 g/mol. The fourth-order valence-corrected chi connectivity index (χ4v) is 2.93. The van der Waals surface area contributed by atoms with Crippen LogP contribution in [0, 0.1) is 0 Å². The molecular formula is C15H20N2O6. The van der Waals surface area contributed by atoms with Crippen molar-refractivity contribution in [2.75, 3.05) is 13.2 Å². The summed E-state index contributed by atoms with van der Waals surface area (Å²) >= 11 is 0. The van der Waals surface area contributed by atoms with E-state index in [1.54, 1.807) is 6.92 Å². The molecule has 0 spiro atoms. The van der Waals surface area contributed by atoms with Gasteiger partial charge in [-0.1, -0.05) is 0 Å². The molecule has 1 N–H and O–H groups in total. The number of ether oxygens (including phenoxy) is 3. The van der Waals surface area contributed by atoms with E-state index in [0.29, 0.717) is 25.9 Å². The minimum absolute atomic E-state index is 0.131. The van der Waals surface area contributed by atoms with Crippen LogP contribution >= 0.6 is 0 Å². The highest BCUT2D eigenvalue weighted by Gasteiger charge is 2.40. The van der Waals surface area contributed by atoms with Crippen LogP contribution in [0.4, 0.5) is 0 Å². The number of H-pyrrole nitrogens is 1. The van der Waals surface area contributed by atoms with Gasteiger partial charge in [-0.2, -0.15) is 0 Å².